The van der Waals surface area contributed by atoms with E-state index in [9.17, 15) is 0 Å². The van der Waals surface area contributed by atoms with Crippen LogP contribution in [0.4, 0.5) is 0 Å². The van der Waals surface area contributed by atoms with E-state index in [1.165, 1.54) is 38.5 Å². The number of hydrogen-bond donors (Lipinski definition) is 1. The van der Waals surface area contributed by atoms with Gasteiger partial charge in [0.15, 0.2) is 0 Å². The minimum atomic E-state index is 0.746. The summed E-state index contributed by atoms with van der Waals surface area (Å²) in [6, 6.07) is 0.746. The second kappa shape index (κ2) is 9.76. The number of nitrogens with zero attached hydrogens (tertiary/aromatic N) is 1. The van der Waals surface area contributed by atoms with Gasteiger partial charge in [-0.25, -0.2) is 0 Å². The standard InChI is InChI=1S/C15H32N2O/c1-4-5-14-6-8-15(9-7-14)16-10-12-18-13-11-17(2)3/h14-16H,4-13H2,1-3H3. The van der Waals surface area contributed by atoms with E-state index in [2.05, 4.69) is 31.2 Å². The van der Waals surface area contributed by atoms with Gasteiger partial charge in [-0.3, -0.25) is 0 Å². The summed E-state index contributed by atoms with van der Waals surface area (Å²) in [7, 11) is 4.16. The molecule has 108 valence electrons. The maximum absolute atomic E-state index is 5.59. The molecule has 1 rings (SSSR count). The number of ether oxygens (including phenoxy) is 1. The Labute approximate surface area is 113 Å². The van der Waals surface area contributed by atoms with Crippen LogP contribution in [0.3, 0.4) is 0 Å². The zero-order valence-electron chi connectivity index (χ0n) is 12.6. The molecule has 0 amide bonds. The number of hydrogen-bond acceptors (Lipinski definition) is 3. The Balaban J connectivity index is 1.91. The van der Waals surface area contributed by atoms with Crippen LogP contribution in [-0.2, 0) is 4.74 Å². The average Bonchev–Trinajstić information content (AvgIpc) is 2.35. The van der Waals surface area contributed by atoms with Crippen LogP contribution in [0.1, 0.15) is 45.4 Å². The van der Waals surface area contributed by atoms with Gasteiger partial charge in [0, 0.05) is 19.1 Å². The molecule has 0 spiro atoms. The molecule has 18 heavy (non-hydrogen) atoms. The molecule has 0 heterocycles. The van der Waals surface area contributed by atoms with Gasteiger partial charge in [0.2, 0.25) is 0 Å². The highest BCUT2D eigenvalue weighted by Crippen LogP contribution is 2.27. The van der Waals surface area contributed by atoms with Crippen molar-refractivity contribution in [1.82, 2.24) is 10.2 Å². The van der Waals surface area contributed by atoms with E-state index in [-0.39, 0.29) is 0 Å². The van der Waals surface area contributed by atoms with Crippen LogP contribution in [0.25, 0.3) is 0 Å². The Bertz CT molecular complexity index is 189. The monoisotopic (exact) mass is 256 g/mol. The quantitative estimate of drug-likeness (QED) is 0.642. The van der Waals surface area contributed by atoms with E-state index < -0.39 is 0 Å². The van der Waals surface area contributed by atoms with Crippen molar-refractivity contribution in [3.8, 4) is 0 Å². The maximum Gasteiger partial charge on any atom is 0.0593 e. The lowest BCUT2D eigenvalue weighted by Gasteiger charge is -2.29. The Kier molecular flexibility index (Phi) is 8.64. The number of rotatable bonds is 9. The molecule has 3 nitrogen and oxygen atoms in total. The second-order valence-corrected chi connectivity index (χ2v) is 5.88. The van der Waals surface area contributed by atoms with Crippen LogP contribution >= 0.6 is 0 Å². The predicted molar refractivity (Wildman–Crippen MR) is 78.0 cm³/mol. The fourth-order valence-corrected chi connectivity index (χ4v) is 2.75. The zero-order chi connectivity index (χ0) is 13.2. The molecule has 3 heteroatoms. The van der Waals surface area contributed by atoms with Crippen molar-refractivity contribution >= 4 is 0 Å². The third-order valence-electron chi connectivity index (χ3n) is 3.91. The highest BCUT2D eigenvalue weighted by Gasteiger charge is 2.19. The molecule has 0 unspecified atom stereocenters. The smallest absolute Gasteiger partial charge is 0.0593 e. The summed E-state index contributed by atoms with van der Waals surface area (Å²) in [5, 5.41) is 3.63. The van der Waals surface area contributed by atoms with E-state index in [0.717, 1.165) is 38.3 Å². The molecule has 0 aliphatic heterocycles. The first-order valence-corrected chi connectivity index (χ1v) is 7.68. The van der Waals surface area contributed by atoms with Crippen LogP contribution in [0.2, 0.25) is 0 Å². The molecular formula is C15H32N2O. The van der Waals surface area contributed by atoms with Gasteiger partial charge in [-0.05, 0) is 45.7 Å². The molecule has 0 atom stereocenters. The van der Waals surface area contributed by atoms with Gasteiger partial charge in [0.1, 0.15) is 0 Å². The minimum Gasteiger partial charge on any atom is -0.379 e. The van der Waals surface area contributed by atoms with Gasteiger partial charge in [-0.15, -0.1) is 0 Å². The van der Waals surface area contributed by atoms with E-state index in [1.54, 1.807) is 0 Å². The van der Waals surface area contributed by atoms with E-state index >= 15 is 0 Å². The molecule has 1 fully saturated rings. The highest BCUT2D eigenvalue weighted by molar-refractivity contribution is 4.76. The summed E-state index contributed by atoms with van der Waals surface area (Å²) in [5.41, 5.74) is 0. The van der Waals surface area contributed by atoms with Gasteiger partial charge < -0.3 is 15.0 Å². The van der Waals surface area contributed by atoms with Crippen LogP contribution in [0, 0.1) is 5.92 Å². The molecule has 0 aromatic carbocycles. The van der Waals surface area contributed by atoms with E-state index in [4.69, 9.17) is 4.74 Å². The molecule has 0 aromatic rings. The largest absolute Gasteiger partial charge is 0.379 e. The Morgan fingerprint density at radius 2 is 1.83 bits per heavy atom. The molecule has 1 aliphatic carbocycles. The van der Waals surface area contributed by atoms with Crippen molar-refractivity contribution in [1.29, 1.82) is 0 Å². The summed E-state index contributed by atoms with van der Waals surface area (Å²) in [5.74, 6) is 1.00. The normalized spacial score (nSPS) is 24.7. The maximum atomic E-state index is 5.59. The lowest BCUT2D eigenvalue weighted by atomic mass is 9.83. The van der Waals surface area contributed by atoms with Crippen molar-refractivity contribution in [2.75, 3.05) is 40.4 Å². The van der Waals surface area contributed by atoms with Crippen molar-refractivity contribution in [3.05, 3.63) is 0 Å². The molecule has 0 saturated heterocycles. The van der Waals surface area contributed by atoms with Crippen LogP contribution in [0.15, 0.2) is 0 Å². The first-order valence-electron chi connectivity index (χ1n) is 7.68. The lowest BCUT2D eigenvalue weighted by Crippen LogP contribution is -2.35. The van der Waals surface area contributed by atoms with Gasteiger partial charge in [0.05, 0.1) is 13.2 Å². The summed E-state index contributed by atoms with van der Waals surface area (Å²) >= 11 is 0. The molecule has 0 aromatic heterocycles. The van der Waals surface area contributed by atoms with Gasteiger partial charge in [-0.1, -0.05) is 19.8 Å². The lowest BCUT2D eigenvalue weighted by molar-refractivity contribution is 0.115. The minimum absolute atomic E-state index is 0.746. The predicted octanol–water partition coefficient (Wildman–Crippen LogP) is 2.51. The third-order valence-corrected chi connectivity index (χ3v) is 3.91. The summed E-state index contributed by atoms with van der Waals surface area (Å²) in [6.45, 7) is 6.02. The molecule has 0 radical (unpaired) electrons. The van der Waals surface area contributed by atoms with Crippen molar-refractivity contribution in [2.45, 2.75) is 51.5 Å². The SMILES string of the molecule is CCCC1CCC(NCCOCCN(C)C)CC1. The third kappa shape index (κ3) is 7.34. The second-order valence-electron chi connectivity index (χ2n) is 5.88. The number of likely N-dealkylation sites (N-methyl/N-ethyl adjacent to an activating group) is 1. The van der Waals surface area contributed by atoms with Crippen LogP contribution in [-0.4, -0.2) is 51.3 Å². The van der Waals surface area contributed by atoms with Gasteiger partial charge >= 0.3 is 0 Å². The molecular weight excluding hydrogens is 224 g/mol. The Morgan fingerprint density at radius 1 is 1.11 bits per heavy atom. The average molecular weight is 256 g/mol. The van der Waals surface area contributed by atoms with Crippen LogP contribution < -0.4 is 5.32 Å². The fourth-order valence-electron chi connectivity index (χ4n) is 2.75. The molecule has 0 bridgehead atoms. The van der Waals surface area contributed by atoms with Gasteiger partial charge in [0.25, 0.3) is 0 Å². The highest BCUT2D eigenvalue weighted by atomic mass is 16.5. The van der Waals surface area contributed by atoms with Crippen molar-refractivity contribution in [3.63, 3.8) is 0 Å². The molecule has 1 N–H and O–H groups in total. The fraction of sp³-hybridized carbons (Fsp3) is 1.00. The van der Waals surface area contributed by atoms with Gasteiger partial charge in [-0.2, -0.15) is 0 Å². The Morgan fingerprint density at radius 3 is 2.44 bits per heavy atom. The summed E-state index contributed by atoms with van der Waals surface area (Å²) < 4.78 is 5.59. The molecule has 1 aliphatic rings. The zero-order valence-corrected chi connectivity index (χ0v) is 12.6. The van der Waals surface area contributed by atoms with Crippen molar-refractivity contribution < 1.29 is 4.74 Å². The summed E-state index contributed by atoms with van der Waals surface area (Å²) in [6.07, 6.45) is 8.35. The number of nitrogens with one attached hydrogen (secondary N) is 1. The topological polar surface area (TPSA) is 24.5 Å². The van der Waals surface area contributed by atoms with E-state index in [1.807, 2.05) is 0 Å². The Hall–Kier alpha value is -0.120. The first-order chi connectivity index (χ1) is 8.72. The summed E-state index contributed by atoms with van der Waals surface area (Å²) in [4.78, 5) is 2.16. The first kappa shape index (κ1) is 15.9. The van der Waals surface area contributed by atoms with Crippen LogP contribution in [0.5, 0.6) is 0 Å². The van der Waals surface area contributed by atoms with E-state index in [0.29, 0.717) is 0 Å². The molecule has 1 saturated carbocycles. The van der Waals surface area contributed by atoms with Crippen molar-refractivity contribution in [2.24, 2.45) is 5.92 Å².